The summed E-state index contributed by atoms with van der Waals surface area (Å²) in [6.45, 7) is 1.61. The fraction of sp³-hybridized carbons (Fsp3) is 0.231. The normalized spacial score (nSPS) is 10.3. The van der Waals surface area contributed by atoms with E-state index >= 15 is 0 Å². The van der Waals surface area contributed by atoms with Crippen molar-refractivity contribution < 1.29 is 24.2 Å². The van der Waals surface area contributed by atoms with Crippen LogP contribution in [-0.2, 0) is 14.3 Å². The molecular weight excluding hydrogens is 236 g/mol. The van der Waals surface area contributed by atoms with Gasteiger partial charge >= 0.3 is 11.9 Å². The van der Waals surface area contributed by atoms with Gasteiger partial charge in [0.2, 0.25) is 0 Å². The van der Waals surface area contributed by atoms with Crippen molar-refractivity contribution in [2.75, 3.05) is 13.2 Å². The third-order valence-electron chi connectivity index (χ3n) is 1.99. The molecule has 0 aliphatic rings. The lowest BCUT2D eigenvalue weighted by Gasteiger charge is -2.06. The summed E-state index contributed by atoms with van der Waals surface area (Å²) in [5.41, 5.74) is 0.0808. The number of carbonyl (C=O) groups is 2. The molecule has 0 heterocycles. The molecule has 18 heavy (non-hydrogen) atoms. The zero-order valence-electron chi connectivity index (χ0n) is 9.96. The van der Waals surface area contributed by atoms with E-state index in [4.69, 9.17) is 9.47 Å². The van der Waals surface area contributed by atoms with Gasteiger partial charge in [0.25, 0.3) is 0 Å². The maximum absolute atomic E-state index is 11.5. The van der Waals surface area contributed by atoms with Crippen LogP contribution in [0.4, 0.5) is 0 Å². The number of phenolic OH excluding ortho intramolecular Hbond substituents is 1. The Kier molecular flexibility index (Phi) is 5.44. The zero-order valence-corrected chi connectivity index (χ0v) is 9.96. The molecule has 1 aromatic carbocycles. The maximum Gasteiger partial charge on any atom is 0.342 e. The second kappa shape index (κ2) is 7.11. The molecule has 1 rings (SSSR count). The smallest absolute Gasteiger partial charge is 0.342 e. The minimum absolute atomic E-state index is 0.0253. The van der Waals surface area contributed by atoms with Gasteiger partial charge < -0.3 is 14.6 Å². The molecule has 0 aliphatic carbocycles. The number of rotatable bonds is 5. The van der Waals surface area contributed by atoms with Crippen molar-refractivity contribution in [3.8, 4) is 5.75 Å². The molecule has 0 atom stereocenters. The maximum atomic E-state index is 11.5. The predicted molar refractivity (Wildman–Crippen MR) is 64.2 cm³/mol. The van der Waals surface area contributed by atoms with Crippen molar-refractivity contribution in [1.82, 2.24) is 0 Å². The van der Waals surface area contributed by atoms with E-state index in [0.717, 1.165) is 0 Å². The van der Waals surface area contributed by atoms with Crippen LogP contribution in [0.15, 0.2) is 36.4 Å². The predicted octanol–water partition coefficient (Wildman–Crippen LogP) is 1.67. The molecule has 1 aromatic rings. The van der Waals surface area contributed by atoms with Crippen LogP contribution in [0.1, 0.15) is 17.3 Å². The lowest BCUT2D eigenvalue weighted by Crippen LogP contribution is -2.13. The van der Waals surface area contributed by atoms with E-state index in [-0.39, 0.29) is 24.5 Å². The summed E-state index contributed by atoms with van der Waals surface area (Å²) >= 11 is 0. The van der Waals surface area contributed by atoms with Gasteiger partial charge in [-0.25, -0.2) is 9.59 Å². The Bertz CT molecular complexity index is 450. The van der Waals surface area contributed by atoms with Gasteiger partial charge in [-0.15, -0.1) is 0 Å². The Morgan fingerprint density at radius 1 is 1.22 bits per heavy atom. The van der Waals surface area contributed by atoms with Crippen molar-refractivity contribution >= 4 is 11.9 Å². The number of aromatic hydroxyl groups is 1. The number of para-hydroxylation sites is 1. The molecule has 5 nitrogen and oxygen atoms in total. The Morgan fingerprint density at radius 2 is 1.89 bits per heavy atom. The highest BCUT2D eigenvalue weighted by Crippen LogP contribution is 2.16. The van der Waals surface area contributed by atoms with Crippen molar-refractivity contribution in [2.45, 2.75) is 6.92 Å². The van der Waals surface area contributed by atoms with Gasteiger partial charge in [0.15, 0.2) is 0 Å². The second-order valence-electron chi connectivity index (χ2n) is 3.32. The summed E-state index contributed by atoms with van der Waals surface area (Å²) < 4.78 is 9.57. The molecule has 0 bridgehead atoms. The van der Waals surface area contributed by atoms with E-state index in [1.807, 2.05) is 0 Å². The van der Waals surface area contributed by atoms with E-state index in [2.05, 4.69) is 0 Å². The monoisotopic (exact) mass is 250 g/mol. The standard InChI is InChI=1S/C13H14O5/c1-2-5-12(15)17-8-9-18-13(16)10-6-3-4-7-11(10)14/h2-7,14H,8-9H2,1H3. The summed E-state index contributed by atoms with van der Waals surface area (Å²) in [7, 11) is 0. The first-order valence-corrected chi connectivity index (χ1v) is 5.39. The van der Waals surface area contributed by atoms with E-state index < -0.39 is 11.9 Å². The number of carbonyl (C=O) groups excluding carboxylic acids is 2. The SMILES string of the molecule is CC=CC(=O)OCCOC(=O)c1ccccc1O. The summed E-state index contributed by atoms with van der Waals surface area (Å²) in [5, 5.41) is 9.40. The number of esters is 2. The number of phenols is 1. The Morgan fingerprint density at radius 3 is 2.56 bits per heavy atom. The molecule has 1 N–H and O–H groups in total. The van der Waals surface area contributed by atoms with Gasteiger partial charge in [0, 0.05) is 6.08 Å². The number of ether oxygens (including phenoxy) is 2. The van der Waals surface area contributed by atoms with Crippen molar-refractivity contribution in [1.29, 1.82) is 0 Å². The highest BCUT2D eigenvalue weighted by molar-refractivity contribution is 5.92. The third kappa shape index (κ3) is 4.29. The van der Waals surface area contributed by atoms with Crippen LogP contribution in [0.2, 0.25) is 0 Å². The fourth-order valence-corrected chi connectivity index (χ4v) is 1.18. The summed E-state index contributed by atoms with van der Waals surface area (Å²) in [5.74, 6) is -1.29. The van der Waals surface area contributed by atoms with Crippen LogP contribution in [0, 0.1) is 0 Å². The molecule has 0 amide bonds. The first kappa shape index (κ1) is 13.8. The van der Waals surface area contributed by atoms with Gasteiger partial charge in [0.05, 0.1) is 0 Å². The van der Waals surface area contributed by atoms with Crippen molar-refractivity contribution in [3.05, 3.63) is 42.0 Å². The highest BCUT2D eigenvalue weighted by Gasteiger charge is 2.11. The van der Waals surface area contributed by atoms with Gasteiger partial charge in [-0.2, -0.15) is 0 Å². The molecule has 96 valence electrons. The van der Waals surface area contributed by atoms with Gasteiger partial charge in [-0.3, -0.25) is 0 Å². The molecule has 0 radical (unpaired) electrons. The van der Waals surface area contributed by atoms with E-state index in [1.165, 1.54) is 18.2 Å². The Hall–Kier alpha value is -2.30. The summed E-state index contributed by atoms with van der Waals surface area (Å²) in [6, 6.07) is 6.06. The first-order chi connectivity index (χ1) is 8.65. The number of allylic oxidation sites excluding steroid dienone is 1. The average molecular weight is 250 g/mol. The third-order valence-corrected chi connectivity index (χ3v) is 1.99. The molecule has 0 fully saturated rings. The van der Waals surface area contributed by atoms with Crippen molar-refractivity contribution in [2.24, 2.45) is 0 Å². The van der Waals surface area contributed by atoms with Crippen LogP contribution in [0.5, 0.6) is 5.75 Å². The summed E-state index contributed by atoms with van der Waals surface area (Å²) in [6.07, 6.45) is 2.82. The molecule has 0 saturated heterocycles. The fourth-order valence-electron chi connectivity index (χ4n) is 1.18. The molecular formula is C13H14O5. The molecule has 0 aromatic heterocycles. The molecule has 0 unspecified atom stereocenters. The van der Waals surface area contributed by atoms with E-state index in [1.54, 1.807) is 25.1 Å². The average Bonchev–Trinajstić information content (AvgIpc) is 2.35. The Balaban J connectivity index is 2.34. The highest BCUT2D eigenvalue weighted by atomic mass is 16.6. The van der Waals surface area contributed by atoms with Crippen LogP contribution < -0.4 is 0 Å². The van der Waals surface area contributed by atoms with Crippen LogP contribution >= 0.6 is 0 Å². The van der Waals surface area contributed by atoms with Crippen LogP contribution in [0.3, 0.4) is 0 Å². The van der Waals surface area contributed by atoms with Crippen LogP contribution in [0.25, 0.3) is 0 Å². The quantitative estimate of drug-likeness (QED) is 0.489. The molecule has 0 spiro atoms. The minimum atomic E-state index is -0.657. The zero-order chi connectivity index (χ0) is 13.4. The molecule has 5 heteroatoms. The second-order valence-corrected chi connectivity index (χ2v) is 3.32. The lowest BCUT2D eigenvalue weighted by atomic mass is 10.2. The van der Waals surface area contributed by atoms with Gasteiger partial charge in [-0.05, 0) is 19.1 Å². The van der Waals surface area contributed by atoms with Crippen molar-refractivity contribution in [3.63, 3.8) is 0 Å². The van der Waals surface area contributed by atoms with Crippen LogP contribution in [-0.4, -0.2) is 30.3 Å². The topological polar surface area (TPSA) is 72.8 Å². The Labute approximate surface area is 105 Å². The summed E-state index contributed by atoms with van der Waals surface area (Å²) in [4.78, 5) is 22.4. The number of benzene rings is 1. The lowest BCUT2D eigenvalue weighted by molar-refractivity contribution is -0.138. The van der Waals surface area contributed by atoms with E-state index in [9.17, 15) is 14.7 Å². The minimum Gasteiger partial charge on any atom is -0.507 e. The van der Waals surface area contributed by atoms with Gasteiger partial charge in [0.1, 0.15) is 24.5 Å². The van der Waals surface area contributed by atoms with Gasteiger partial charge in [-0.1, -0.05) is 18.2 Å². The largest absolute Gasteiger partial charge is 0.507 e. The first-order valence-electron chi connectivity index (χ1n) is 5.39. The number of hydrogen-bond acceptors (Lipinski definition) is 5. The number of hydrogen-bond donors (Lipinski definition) is 1. The molecule has 0 saturated carbocycles. The van der Waals surface area contributed by atoms with E-state index in [0.29, 0.717) is 0 Å². The molecule has 0 aliphatic heterocycles.